The molecule has 0 saturated carbocycles. The molecule has 0 aliphatic carbocycles. The summed E-state index contributed by atoms with van der Waals surface area (Å²) in [5.74, 6) is 0.577. The second-order valence-corrected chi connectivity index (χ2v) is 3.47. The molecule has 2 aromatic rings. The molecule has 16 heavy (non-hydrogen) atoms. The smallest absolute Gasteiger partial charge is 0.324 e. The molecule has 0 saturated heterocycles. The van der Waals surface area contributed by atoms with E-state index in [-0.39, 0.29) is 6.54 Å². The molecule has 0 atom stereocenters. The lowest BCUT2D eigenvalue weighted by Gasteiger charge is -2.01. The van der Waals surface area contributed by atoms with Crippen LogP contribution in [0.1, 0.15) is 12.7 Å². The van der Waals surface area contributed by atoms with Crippen molar-refractivity contribution in [2.75, 3.05) is 0 Å². The molecule has 2 heterocycles. The van der Waals surface area contributed by atoms with Crippen LogP contribution in [0.4, 0.5) is 0 Å². The first kappa shape index (κ1) is 10.6. The molecule has 86 valence electrons. The molecule has 0 aliphatic rings. The summed E-state index contributed by atoms with van der Waals surface area (Å²) < 4.78 is 3.02. The number of imidazole rings is 1. The molecule has 0 unspecified atom stereocenters. The van der Waals surface area contributed by atoms with Crippen molar-refractivity contribution < 1.29 is 0 Å². The van der Waals surface area contributed by atoms with E-state index in [1.807, 2.05) is 6.92 Å². The Labute approximate surface area is 90.5 Å². The minimum atomic E-state index is -0.443. The number of aromatic nitrogens is 4. The maximum Gasteiger partial charge on any atom is 0.330 e. The zero-order valence-electron chi connectivity index (χ0n) is 9.15. The van der Waals surface area contributed by atoms with Crippen LogP contribution in [0, 0.1) is 0 Å². The normalized spacial score (nSPS) is 11.2. The summed E-state index contributed by atoms with van der Waals surface area (Å²) in [4.78, 5) is 29.6. The Morgan fingerprint density at radius 3 is 2.69 bits per heavy atom. The van der Waals surface area contributed by atoms with Gasteiger partial charge in [0.1, 0.15) is 5.82 Å². The number of aryl methyl sites for hydroxylation is 2. The Morgan fingerprint density at radius 1 is 1.44 bits per heavy atom. The summed E-state index contributed by atoms with van der Waals surface area (Å²) >= 11 is 0. The zero-order valence-corrected chi connectivity index (χ0v) is 9.15. The van der Waals surface area contributed by atoms with Crippen LogP contribution in [0.5, 0.6) is 0 Å². The number of hydrogen-bond acceptors (Lipinski definition) is 4. The van der Waals surface area contributed by atoms with Crippen LogP contribution < -0.4 is 17.0 Å². The summed E-state index contributed by atoms with van der Waals surface area (Å²) in [5, 5.41) is 0. The van der Waals surface area contributed by atoms with Gasteiger partial charge in [0.15, 0.2) is 11.2 Å². The van der Waals surface area contributed by atoms with Crippen molar-refractivity contribution in [2.45, 2.75) is 20.0 Å². The van der Waals surface area contributed by atoms with Gasteiger partial charge >= 0.3 is 5.69 Å². The second-order valence-electron chi connectivity index (χ2n) is 3.47. The molecule has 0 fully saturated rings. The highest BCUT2D eigenvalue weighted by Gasteiger charge is 2.14. The maximum absolute atomic E-state index is 11.6. The van der Waals surface area contributed by atoms with Crippen LogP contribution in [0.25, 0.3) is 11.2 Å². The topological polar surface area (TPSA) is 98.7 Å². The molecule has 0 radical (unpaired) electrons. The molecule has 0 aromatic carbocycles. The fourth-order valence-corrected chi connectivity index (χ4v) is 1.77. The van der Waals surface area contributed by atoms with Gasteiger partial charge in [0.25, 0.3) is 5.56 Å². The lowest BCUT2D eigenvalue weighted by molar-refractivity contribution is 0.718. The van der Waals surface area contributed by atoms with Gasteiger partial charge in [0.05, 0.1) is 6.54 Å². The van der Waals surface area contributed by atoms with Crippen molar-refractivity contribution in [3.05, 3.63) is 26.7 Å². The Balaban J connectivity index is 3.03. The molecule has 3 N–H and O–H groups in total. The molecular weight excluding hydrogens is 210 g/mol. The number of H-pyrrole nitrogens is 1. The Kier molecular flexibility index (Phi) is 2.39. The van der Waals surface area contributed by atoms with Gasteiger partial charge in [-0.3, -0.25) is 14.3 Å². The largest absolute Gasteiger partial charge is 0.330 e. The van der Waals surface area contributed by atoms with Gasteiger partial charge in [-0.05, 0) is 6.92 Å². The number of rotatable bonds is 2. The third-order valence-corrected chi connectivity index (χ3v) is 2.60. The van der Waals surface area contributed by atoms with Gasteiger partial charge < -0.3 is 10.3 Å². The lowest BCUT2D eigenvalue weighted by Crippen LogP contribution is -2.30. The average molecular weight is 223 g/mol. The van der Waals surface area contributed by atoms with E-state index in [1.165, 1.54) is 4.57 Å². The van der Waals surface area contributed by atoms with Gasteiger partial charge in [0, 0.05) is 13.6 Å². The lowest BCUT2D eigenvalue weighted by atomic mass is 10.5. The number of nitrogens with zero attached hydrogens (tertiary/aromatic N) is 3. The van der Waals surface area contributed by atoms with Crippen molar-refractivity contribution in [3.63, 3.8) is 0 Å². The van der Waals surface area contributed by atoms with E-state index in [1.54, 1.807) is 11.6 Å². The Morgan fingerprint density at radius 2 is 2.12 bits per heavy atom. The summed E-state index contributed by atoms with van der Waals surface area (Å²) in [7, 11) is 1.71. The molecule has 0 spiro atoms. The average Bonchev–Trinajstić information content (AvgIpc) is 2.56. The van der Waals surface area contributed by atoms with Gasteiger partial charge in [-0.1, -0.05) is 0 Å². The van der Waals surface area contributed by atoms with Crippen LogP contribution in [0.2, 0.25) is 0 Å². The van der Waals surface area contributed by atoms with Crippen LogP contribution in [-0.4, -0.2) is 19.1 Å². The SMILES string of the molecule is CCn1c(=O)[nH]c(=O)c2c1nc(CN)n2C. The van der Waals surface area contributed by atoms with Crippen molar-refractivity contribution in [1.29, 1.82) is 0 Å². The van der Waals surface area contributed by atoms with Crippen molar-refractivity contribution in [1.82, 2.24) is 19.1 Å². The van der Waals surface area contributed by atoms with Gasteiger partial charge in [-0.25, -0.2) is 9.78 Å². The first-order valence-electron chi connectivity index (χ1n) is 4.98. The van der Waals surface area contributed by atoms with Crippen molar-refractivity contribution in [3.8, 4) is 0 Å². The van der Waals surface area contributed by atoms with Crippen LogP contribution >= 0.6 is 0 Å². The first-order chi connectivity index (χ1) is 7.60. The first-order valence-corrected chi connectivity index (χ1v) is 4.98. The van der Waals surface area contributed by atoms with Crippen LogP contribution in [0.15, 0.2) is 9.59 Å². The molecule has 7 heteroatoms. The number of aromatic amines is 1. The van der Waals surface area contributed by atoms with Crippen molar-refractivity contribution >= 4 is 11.2 Å². The Hall–Kier alpha value is -1.89. The highest BCUT2D eigenvalue weighted by Crippen LogP contribution is 2.08. The fourth-order valence-electron chi connectivity index (χ4n) is 1.77. The van der Waals surface area contributed by atoms with E-state index >= 15 is 0 Å². The minimum Gasteiger partial charge on any atom is -0.324 e. The maximum atomic E-state index is 11.6. The van der Waals surface area contributed by atoms with Crippen LogP contribution in [-0.2, 0) is 20.1 Å². The zero-order chi connectivity index (χ0) is 11.9. The summed E-state index contributed by atoms with van der Waals surface area (Å²) in [5.41, 5.74) is 5.40. The summed E-state index contributed by atoms with van der Waals surface area (Å²) in [6.07, 6.45) is 0. The molecule has 2 aromatic heterocycles. The van der Waals surface area contributed by atoms with Gasteiger partial charge in [0.2, 0.25) is 0 Å². The monoisotopic (exact) mass is 223 g/mol. The van der Waals surface area contributed by atoms with E-state index < -0.39 is 11.2 Å². The predicted octanol–water partition coefficient (Wildman–Crippen LogP) is -1.10. The molecular formula is C9H13N5O2. The summed E-state index contributed by atoms with van der Waals surface area (Å²) in [6.45, 7) is 2.49. The van der Waals surface area contributed by atoms with E-state index in [2.05, 4.69) is 9.97 Å². The number of nitrogens with one attached hydrogen (secondary N) is 1. The van der Waals surface area contributed by atoms with E-state index in [4.69, 9.17) is 5.73 Å². The second kappa shape index (κ2) is 3.60. The molecule has 0 aliphatic heterocycles. The third-order valence-electron chi connectivity index (χ3n) is 2.60. The third kappa shape index (κ3) is 1.28. The van der Waals surface area contributed by atoms with Crippen LogP contribution in [0.3, 0.4) is 0 Å². The molecule has 7 nitrogen and oxygen atoms in total. The fraction of sp³-hybridized carbons (Fsp3) is 0.444. The minimum absolute atomic E-state index is 0.225. The highest BCUT2D eigenvalue weighted by atomic mass is 16.2. The van der Waals surface area contributed by atoms with E-state index in [9.17, 15) is 9.59 Å². The van der Waals surface area contributed by atoms with E-state index in [0.29, 0.717) is 23.5 Å². The predicted molar refractivity (Wildman–Crippen MR) is 59.2 cm³/mol. The quantitative estimate of drug-likeness (QED) is 0.675. The summed E-state index contributed by atoms with van der Waals surface area (Å²) in [6, 6.07) is 0. The number of hydrogen-bond donors (Lipinski definition) is 2. The number of nitrogens with two attached hydrogens (primary N) is 1. The molecule has 0 bridgehead atoms. The number of fused-ring (bicyclic) bond motifs is 1. The van der Waals surface area contributed by atoms with Gasteiger partial charge in [-0.15, -0.1) is 0 Å². The molecule has 0 amide bonds. The molecule has 2 rings (SSSR count). The van der Waals surface area contributed by atoms with Gasteiger partial charge in [-0.2, -0.15) is 0 Å². The van der Waals surface area contributed by atoms with Crippen molar-refractivity contribution in [2.24, 2.45) is 12.8 Å². The standard InChI is InChI=1S/C9H13N5O2/c1-3-14-7-6(8(15)12-9(14)16)13(2)5(4-10)11-7/h3-4,10H2,1-2H3,(H,12,15,16). The highest BCUT2D eigenvalue weighted by molar-refractivity contribution is 5.70. The van der Waals surface area contributed by atoms with E-state index in [0.717, 1.165) is 0 Å². The Bertz CT molecular complexity index is 648.